The van der Waals surface area contributed by atoms with Gasteiger partial charge < -0.3 is 23.4 Å². The van der Waals surface area contributed by atoms with Crippen LogP contribution in [-0.2, 0) is 16.1 Å². The molecule has 0 atom stereocenters. The second-order valence-corrected chi connectivity index (χ2v) is 7.15. The van der Waals surface area contributed by atoms with E-state index in [9.17, 15) is 4.79 Å². The van der Waals surface area contributed by atoms with Crippen molar-refractivity contribution in [2.45, 2.75) is 18.4 Å². The van der Waals surface area contributed by atoms with Crippen molar-refractivity contribution in [1.82, 2.24) is 10.2 Å². The fourth-order valence-electron chi connectivity index (χ4n) is 2.67. The Morgan fingerprint density at radius 3 is 2.37 bits per heavy atom. The molecule has 30 heavy (non-hydrogen) atoms. The fourth-order valence-corrected chi connectivity index (χ4v) is 3.50. The highest BCUT2D eigenvalue weighted by atomic mass is 32.2. The second-order valence-electron chi connectivity index (χ2n) is 6.13. The molecule has 9 heteroatoms. The van der Waals surface area contributed by atoms with E-state index in [0.717, 1.165) is 10.5 Å². The lowest BCUT2D eigenvalue weighted by Gasteiger charge is -2.12. The monoisotopic (exact) mass is 430 g/mol. The molecule has 0 aliphatic heterocycles. The SMILES string of the molecule is COc1cc(-c2nnc(COC(=O)CSc3ccccc3C)o2)cc(OC)c1OC. The van der Waals surface area contributed by atoms with Gasteiger partial charge in [0.05, 0.1) is 27.1 Å². The molecule has 0 aliphatic rings. The van der Waals surface area contributed by atoms with Crippen LogP contribution in [0, 0.1) is 6.92 Å². The van der Waals surface area contributed by atoms with Gasteiger partial charge in [-0.1, -0.05) is 18.2 Å². The maximum atomic E-state index is 12.0. The molecular formula is C21H22N2O6S. The van der Waals surface area contributed by atoms with Crippen molar-refractivity contribution in [3.8, 4) is 28.7 Å². The molecule has 0 saturated carbocycles. The summed E-state index contributed by atoms with van der Waals surface area (Å²) >= 11 is 1.42. The van der Waals surface area contributed by atoms with Gasteiger partial charge in [-0.25, -0.2) is 0 Å². The second kappa shape index (κ2) is 10.0. The molecule has 1 heterocycles. The number of carbonyl (C=O) groups excluding carboxylic acids is 1. The normalized spacial score (nSPS) is 10.5. The Hall–Kier alpha value is -3.20. The molecule has 0 spiro atoms. The summed E-state index contributed by atoms with van der Waals surface area (Å²) in [5.41, 5.74) is 1.70. The molecule has 2 aromatic carbocycles. The van der Waals surface area contributed by atoms with E-state index in [2.05, 4.69) is 10.2 Å². The first kappa shape index (κ1) is 21.5. The van der Waals surface area contributed by atoms with Crippen molar-refractivity contribution in [3.05, 3.63) is 47.9 Å². The van der Waals surface area contributed by atoms with Crippen molar-refractivity contribution in [2.75, 3.05) is 27.1 Å². The number of aromatic nitrogens is 2. The molecule has 8 nitrogen and oxygen atoms in total. The molecule has 0 bridgehead atoms. The lowest BCUT2D eigenvalue weighted by Crippen LogP contribution is -2.07. The standard InChI is InChI=1S/C21H22N2O6S/c1-13-7-5-6-8-17(13)30-12-19(24)28-11-18-22-23-21(29-18)14-9-15(25-2)20(27-4)16(10-14)26-3/h5-10H,11-12H2,1-4H3. The maximum Gasteiger partial charge on any atom is 0.316 e. The van der Waals surface area contributed by atoms with Crippen molar-refractivity contribution in [2.24, 2.45) is 0 Å². The Balaban J connectivity index is 1.62. The third kappa shape index (κ3) is 5.04. The number of ether oxygens (including phenoxy) is 4. The topological polar surface area (TPSA) is 92.9 Å². The third-order valence-electron chi connectivity index (χ3n) is 4.17. The van der Waals surface area contributed by atoms with Gasteiger partial charge in [-0.05, 0) is 30.7 Å². The van der Waals surface area contributed by atoms with E-state index >= 15 is 0 Å². The number of thioether (sulfide) groups is 1. The molecule has 1 aromatic heterocycles. The molecule has 0 amide bonds. The first-order valence-electron chi connectivity index (χ1n) is 9.02. The lowest BCUT2D eigenvalue weighted by molar-refractivity contribution is -0.142. The molecule has 0 aliphatic carbocycles. The van der Waals surface area contributed by atoms with Gasteiger partial charge in [-0.15, -0.1) is 22.0 Å². The van der Waals surface area contributed by atoms with Crippen LogP contribution >= 0.6 is 11.8 Å². The largest absolute Gasteiger partial charge is 0.493 e. The van der Waals surface area contributed by atoms with Gasteiger partial charge in [0.1, 0.15) is 0 Å². The summed E-state index contributed by atoms with van der Waals surface area (Å²) in [6.07, 6.45) is 0. The molecule has 0 N–H and O–H groups in total. The number of esters is 1. The number of aryl methyl sites for hydroxylation is 1. The minimum Gasteiger partial charge on any atom is -0.493 e. The van der Waals surface area contributed by atoms with Crippen LogP contribution in [0.5, 0.6) is 17.2 Å². The van der Waals surface area contributed by atoms with Gasteiger partial charge in [-0.2, -0.15) is 0 Å². The summed E-state index contributed by atoms with van der Waals surface area (Å²) in [5, 5.41) is 7.95. The van der Waals surface area contributed by atoms with Crippen LogP contribution in [0.2, 0.25) is 0 Å². The Morgan fingerprint density at radius 1 is 1.03 bits per heavy atom. The van der Waals surface area contributed by atoms with Gasteiger partial charge in [-0.3, -0.25) is 4.79 Å². The molecule has 0 fully saturated rings. The minimum absolute atomic E-state index is 0.107. The number of nitrogens with zero attached hydrogens (tertiary/aromatic N) is 2. The summed E-state index contributed by atoms with van der Waals surface area (Å²) in [5.74, 6) is 1.65. The summed E-state index contributed by atoms with van der Waals surface area (Å²) in [7, 11) is 4.57. The fraction of sp³-hybridized carbons (Fsp3) is 0.286. The molecule has 0 saturated heterocycles. The number of hydrogen-bond acceptors (Lipinski definition) is 9. The molecular weight excluding hydrogens is 408 g/mol. The van der Waals surface area contributed by atoms with E-state index in [4.69, 9.17) is 23.4 Å². The predicted molar refractivity (Wildman–Crippen MR) is 111 cm³/mol. The predicted octanol–water partition coefficient (Wildman–Crippen LogP) is 3.91. The van der Waals surface area contributed by atoms with Crippen LogP contribution in [0.15, 0.2) is 45.7 Å². The molecule has 3 aromatic rings. The van der Waals surface area contributed by atoms with Crippen molar-refractivity contribution in [3.63, 3.8) is 0 Å². The zero-order valence-electron chi connectivity index (χ0n) is 17.1. The lowest BCUT2D eigenvalue weighted by atomic mass is 10.2. The molecule has 158 valence electrons. The first-order valence-corrected chi connectivity index (χ1v) is 10.0. The highest BCUT2D eigenvalue weighted by molar-refractivity contribution is 8.00. The van der Waals surface area contributed by atoms with Crippen LogP contribution in [0.1, 0.15) is 11.5 Å². The summed E-state index contributed by atoms with van der Waals surface area (Å²) in [4.78, 5) is 13.1. The highest BCUT2D eigenvalue weighted by Gasteiger charge is 2.18. The number of hydrogen-bond donors (Lipinski definition) is 0. The third-order valence-corrected chi connectivity index (χ3v) is 5.32. The Morgan fingerprint density at radius 2 is 1.73 bits per heavy atom. The van der Waals surface area contributed by atoms with Crippen LogP contribution in [0.4, 0.5) is 0 Å². The quantitative estimate of drug-likeness (QED) is 0.370. The molecule has 0 radical (unpaired) electrons. The summed E-state index contributed by atoms with van der Waals surface area (Å²) < 4.78 is 26.8. The van der Waals surface area contributed by atoms with E-state index in [1.165, 1.54) is 33.1 Å². The zero-order valence-corrected chi connectivity index (χ0v) is 17.9. The highest BCUT2D eigenvalue weighted by Crippen LogP contribution is 2.40. The van der Waals surface area contributed by atoms with Gasteiger partial charge in [0, 0.05) is 10.5 Å². The van der Waals surface area contributed by atoms with Gasteiger partial charge in [0.2, 0.25) is 11.6 Å². The number of rotatable bonds is 9. The van der Waals surface area contributed by atoms with E-state index in [0.29, 0.717) is 22.8 Å². The van der Waals surface area contributed by atoms with E-state index < -0.39 is 0 Å². The number of methoxy groups -OCH3 is 3. The van der Waals surface area contributed by atoms with Gasteiger partial charge in [0.15, 0.2) is 18.1 Å². The smallest absolute Gasteiger partial charge is 0.316 e. The number of carbonyl (C=O) groups is 1. The average Bonchev–Trinajstić information content (AvgIpc) is 3.25. The van der Waals surface area contributed by atoms with E-state index in [1.807, 2.05) is 31.2 Å². The summed E-state index contributed by atoms with van der Waals surface area (Å²) in [6.45, 7) is 1.89. The molecule has 3 rings (SSSR count). The van der Waals surface area contributed by atoms with Crippen LogP contribution in [0.3, 0.4) is 0 Å². The zero-order chi connectivity index (χ0) is 21.5. The molecule has 0 unspecified atom stereocenters. The Kier molecular flexibility index (Phi) is 7.18. The minimum atomic E-state index is -0.365. The van der Waals surface area contributed by atoms with Gasteiger partial charge >= 0.3 is 5.97 Å². The summed E-state index contributed by atoms with van der Waals surface area (Å²) in [6, 6.07) is 11.3. The Labute approximate surface area is 178 Å². The average molecular weight is 430 g/mol. The van der Waals surface area contributed by atoms with Crippen molar-refractivity contribution < 1.29 is 28.2 Å². The van der Waals surface area contributed by atoms with Crippen LogP contribution in [-0.4, -0.2) is 43.2 Å². The van der Waals surface area contributed by atoms with E-state index in [-0.39, 0.29) is 30.1 Å². The Bertz CT molecular complexity index is 995. The number of benzene rings is 2. The van der Waals surface area contributed by atoms with Crippen LogP contribution in [0.25, 0.3) is 11.5 Å². The van der Waals surface area contributed by atoms with E-state index in [1.54, 1.807) is 12.1 Å². The van der Waals surface area contributed by atoms with Gasteiger partial charge in [0.25, 0.3) is 5.89 Å². The maximum absolute atomic E-state index is 12.0. The van der Waals surface area contributed by atoms with Crippen LogP contribution < -0.4 is 14.2 Å². The van der Waals surface area contributed by atoms with Crippen molar-refractivity contribution in [1.29, 1.82) is 0 Å². The first-order chi connectivity index (χ1) is 14.5. The van der Waals surface area contributed by atoms with Crippen molar-refractivity contribution >= 4 is 17.7 Å².